The maximum atomic E-state index is 2.34. The van der Waals surface area contributed by atoms with Crippen LogP contribution < -0.4 is 31.8 Å². The third kappa shape index (κ3) is 5.12. The largest absolute Gasteiger partial charge is 0.0622 e. The van der Waals surface area contributed by atoms with Gasteiger partial charge >= 0.3 is 0 Å². The predicted octanol–water partition coefficient (Wildman–Crippen LogP) is 6.87. The Morgan fingerprint density at radius 3 is 0.763 bits per heavy atom. The van der Waals surface area contributed by atoms with Gasteiger partial charge in [0.1, 0.15) is 0 Å². The summed E-state index contributed by atoms with van der Waals surface area (Å²) in [6.07, 6.45) is 0. The smallest absolute Gasteiger partial charge is 0.00724 e. The highest BCUT2D eigenvalue weighted by atomic mass is 31.1. The lowest BCUT2D eigenvalue weighted by Gasteiger charge is -2.26. The van der Waals surface area contributed by atoms with Crippen molar-refractivity contribution in [2.75, 3.05) is 0 Å². The Balaban J connectivity index is 1.58. The van der Waals surface area contributed by atoms with Gasteiger partial charge in [0.2, 0.25) is 0 Å². The van der Waals surface area contributed by atoms with E-state index in [0.717, 1.165) is 0 Å². The van der Waals surface area contributed by atoms with E-state index in [1.807, 2.05) is 0 Å². The molecule has 6 aromatic rings. The lowest BCUT2D eigenvalue weighted by Crippen LogP contribution is -2.25. The minimum atomic E-state index is -0.723. The van der Waals surface area contributed by atoms with Crippen molar-refractivity contribution in [1.29, 1.82) is 0 Å². The lowest BCUT2D eigenvalue weighted by molar-refractivity contribution is 1.67. The zero-order valence-electron chi connectivity index (χ0n) is 21.1. The van der Waals surface area contributed by atoms with Crippen LogP contribution in [0.1, 0.15) is 0 Å². The Bertz CT molecular complexity index is 1390. The van der Waals surface area contributed by atoms with Crippen LogP contribution in [0.4, 0.5) is 0 Å². The molecule has 6 aromatic carbocycles. The van der Waals surface area contributed by atoms with Gasteiger partial charge < -0.3 is 0 Å². The maximum absolute atomic E-state index is 2.34. The van der Waals surface area contributed by atoms with E-state index in [2.05, 4.69) is 170 Å². The maximum Gasteiger partial charge on any atom is -0.00724 e. The van der Waals surface area contributed by atoms with Gasteiger partial charge in [-0.15, -0.1) is 0 Å². The number of rotatable bonds is 7. The third-order valence-corrected chi connectivity index (χ3v) is 11.6. The molecule has 0 aliphatic heterocycles. The van der Waals surface area contributed by atoms with Crippen LogP contribution in [0.5, 0.6) is 0 Å². The Morgan fingerprint density at radius 1 is 0.237 bits per heavy atom. The third-order valence-electron chi connectivity index (χ3n) is 6.64. The van der Waals surface area contributed by atoms with Gasteiger partial charge in [-0.1, -0.05) is 170 Å². The van der Waals surface area contributed by atoms with Crippen LogP contribution in [-0.2, 0) is 0 Å². The van der Waals surface area contributed by atoms with E-state index in [1.54, 1.807) is 0 Å². The van der Waals surface area contributed by atoms with Crippen LogP contribution in [0.25, 0.3) is 11.1 Å². The van der Waals surface area contributed by atoms with E-state index in [0.29, 0.717) is 0 Å². The summed E-state index contributed by atoms with van der Waals surface area (Å²) in [7, 11) is -1.45. The summed E-state index contributed by atoms with van der Waals surface area (Å²) < 4.78 is 0. The summed E-state index contributed by atoms with van der Waals surface area (Å²) in [5, 5.41) is 8.25. The first kappa shape index (κ1) is 24.5. The van der Waals surface area contributed by atoms with Gasteiger partial charge in [0.15, 0.2) is 0 Å². The van der Waals surface area contributed by atoms with Crippen LogP contribution in [0.15, 0.2) is 170 Å². The van der Waals surface area contributed by atoms with Crippen molar-refractivity contribution in [3.8, 4) is 11.1 Å². The molecule has 0 saturated heterocycles. The molecule has 0 saturated carbocycles. The average Bonchev–Trinajstić information content (AvgIpc) is 3.00. The zero-order chi connectivity index (χ0) is 25.6. The molecule has 0 radical (unpaired) electrons. The zero-order valence-corrected chi connectivity index (χ0v) is 22.8. The van der Waals surface area contributed by atoms with Gasteiger partial charge in [-0.3, -0.25) is 0 Å². The monoisotopic (exact) mass is 522 g/mol. The van der Waals surface area contributed by atoms with E-state index >= 15 is 0 Å². The standard InChI is InChI=1S/C36H28P2/c1-5-17-29(18-6-1)37(30-19-7-2-8-20-30)35-27-15-13-25-33(35)34-26-14-16-28-36(34)38(31-21-9-3-10-22-31)32-23-11-4-12-24-32/h1-28H. The summed E-state index contributed by atoms with van der Waals surface area (Å²) in [4.78, 5) is 0. The van der Waals surface area contributed by atoms with E-state index in [9.17, 15) is 0 Å². The van der Waals surface area contributed by atoms with Gasteiger partial charge in [0, 0.05) is 0 Å². The summed E-state index contributed by atoms with van der Waals surface area (Å²) in [5.74, 6) is 0. The minimum Gasteiger partial charge on any atom is -0.0622 e. The average molecular weight is 523 g/mol. The van der Waals surface area contributed by atoms with Gasteiger partial charge in [-0.05, 0) is 58.8 Å². The quantitative estimate of drug-likeness (QED) is 0.201. The second kappa shape index (κ2) is 11.7. The number of benzene rings is 6. The molecule has 0 spiro atoms. The van der Waals surface area contributed by atoms with Crippen LogP contribution in [-0.4, -0.2) is 0 Å². The molecule has 0 aliphatic rings. The van der Waals surface area contributed by atoms with Crippen molar-refractivity contribution in [3.05, 3.63) is 170 Å². The fraction of sp³-hybridized carbons (Fsp3) is 0. The van der Waals surface area contributed by atoms with E-state index in [-0.39, 0.29) is 0 Å². The topological polar surface area (TPSA) is 0 Å². The molecule has 0 nitrogen and oxygen atoms in total. The molecule has 6 rings (SSSR count). The molecule has 0 aliphatic carbocycles. The fourth-order valence-electron chi connectivity index (χ4n) is 4.96. The van der Waals surface area contributed by atoms with Crippen LogP contribution >= 0.6 is 15.8 Å². The Morgan fingerprint density at radius 2 is 0.474 bits per heavy atom. The second-order valence-electron chi connectivity index (χ2n) is 9.05. The molecule has 0 N–H and O–H groups in total. The van der Waals surface area contributed by atoms with Crippen molar-refractivity contribution in [3.63, 3.8) is 0 Å². The second-order valence-corrected chi connectivity index (χ2v) is 13.4. The van der Waals surface area contributed by atoms with Crippen molar-refractivity contribution in [1.82, 2.24) is 0 Å². The minimum absolute atomic E-state index is 0.723. The van der Waals surface area contributed by atoms with Crippen molar-refractivity contribution >= 4 is 47.7 Å². The summed E-state index contributed by atoms with van der Waals surface area (Å²) >= 11 is 0. The van der Waals surface area contributed by atoms with Crippen molar-refractivity contribution in [2.24, 2.45) is 0 Å². The molecule has 182 valence electrons. The molecule has 0 bridgehead atoms. The van der Waals surface area contributed by atoms with Gasteiger partial charge in [-0.2, -0.15) is 0 Å². The van der Waals surface area contributed by atoms with Crippen molar-refractivity contribution < 1.29 is 0 Å². The highest BCUT2D eigenvalue weighted by molar-refractivity contribution is 7.80. The molecule has 0 unspecified atom stereocenters. The van der Waals surface area contributed by atoms with Gasteiger partial charge in [0.05, 0.1) is 0 Å². The summed E-state index contributed by atoms with van der Waals surface area (Å²) in [6.45, 7) is 0. The molecular formula is C36H28P2. The summed E-state index contributed by atoms with van der Waals surface area (Å²) in [6, 6.07) is 62.0. The molecule has 2 heteroatoms. The summed E-state index contributed by atoms with van der Waals surface area (Å²) in [5.41, 5.74) is 2.64. The van der Waals surface area contributed by atoms with Gasteiger partial charge in [0.25, 0.3) is 0 Å². The van der Waals surface area contributed by atoms with E-state index in [4.69, 9.17) is 0 Å². The van der Waals surface area contributed by atoms with E-state index in [1.165, 1.54) is 43.0 Å². The molecule has 0 heterocycles. The van der Waals surface area contributed by atoms with E-state index < -0.39 is 15.8 Å². The molecule has 0 fully saturated rings. The molecule has 0 aromatic heterocycles. The first-order chi connectivity index (χ1) is 18.9. The Kier molecular flexibility index (Phi) is 7.55. The Hall–Kier alpha value is -3.82. The first-order valence-corrected chi connectivity index (χ1v) is 15.6. The van der Waals surface area contributed by atoms with Crippen LogP contribution in [0, 0.1) is 0 Å². The van der Waals surface area contributed by atoms with Crippen molar-refractivity contribution in [2.45, 2.75) is 0 Å². The molecule has 38 heavy (non-hydrogen) atoms. The number of hydrogen-bond acceptors (Lipinski definition) is 0. The highest BCUT2D eigenvalue weighted by Crippen LogP contribution is 2.40. The van der Waals surface area contributed by atoms with Crippen LogP contribution in [0.3, 0.4) is 0 Å². The normalized spacial score (nSPS) is 11.1. The fourth-order valence-corrected chi connectivity index (χ4v) is 9.89. The predicted molar refractivity (Wildman–Crippen MR) is 169 cm³/mol. The lowest BCUT2D eigenvalue weighted by atomic mass is 10.1. The van der Waals surface area contributed by atoms with Crippen LogP contribution in [0.2, 0.25) is 0 Å². The highest BCUT2D eigenvalue weighted by Gasteiger charge is 2.24. The Labute approximate surface area is 228 Å². The number of hydrogen-bond donors (Lipinski definition) is 0. The SMILES string of the molecule is c1ccc(P(c2ccccc2)c2ccccc2-c2ccccc2P(c2ccccc2)c2ccccc2)cc1. The molecule has 0 amide bonds. The molecular weight excluding hydrogens is 494 g/mol. The first-order valence-electron chi connectivity index (χ1n) is 12.9. The molecule has 0 atom stereocenters. The van der Waals surface area contributed by atoms with Gasteiger partial charge in [-0.25, -0.2) is 0 Å².